The van der Waals surface area contributed by atoms with Crippen LogP contribution in [0.1, 0.15) is 12.5 Å². The molecule has 1 aromatic carbocycles. The minimum absolute atomic E-state index is 1.08. The summed E-state index contributed by atoms with van der Waals surface area (Å²) < 4.78 is 4.94. The molecule has 0 unspecified atom stereocenters. The Morgan fingerprint density at radius 3 is 2.91 bits per heavy atom. The Hall–Kier alpha value is -0.470. The first-order valence-electron chi connectivity index (χ1n) is 3.66. The molecule has 1 rings (SSSR count). The van der Waals surface area contributed by atoms with Gasteiger partial charge in [-0.3, -0.25) is 0 Å². The summed E-state index contributed by atoms with van der Waals surface area (Å²) in [4.78, 5) is 1.17. The highest BCUT2D eigenvalue weighted by molar-refractivity contribution is 7.94. The van der Waals surface area contributed by atoms with Crippen molar-refractivity contribution < 1.29 is 4.18 Å². The van der Waals surface area contributed by atoms with Crippen LogP contribution < -0.4 is 0 Å². The zero-order chi connectivity index (χ0) is 8.10. The van der Waals surface area contributed by atoms with Gasteiger partial charge >= 0.3 is 0 Å². The number of rotatable bonds is 3. The lowest BCUT2D eigenvalue weighted by molar-refractivity contribution is 0.490. The molecule has 0 radical (unpaired) electrons. The van der Waals surface area contributed by atoms with Gasteiger partial charge in [-0.15, -0.1) is 0 Å². The van der Waals surface area contributed by atoms with E-state index in [0.29, 0.717) is 0 Å². The minimum atomic E-state index is 1.08. The van der Waals surface area contributed by atoms with E-state index in [-0.39, 0.29) is 0 Å². The van der Waals surface area contributed by atoms with Gasteiger partial charge in [0.25, 0.3) is 0 Å². The molecule has 60 valence electrons. The molecule has 1 nitrogen and oxygen atoms in total. The van der Waals surface area contributed by atoms with Gasteiger partial charge in [-0.1, -0.05) is 19.1 Å². The molecule has 2 heteroatoms. The Kier molecular flexibility index (Phi) is 3.46. The molecule has 0 aliphatic carbocycles. The molecule has 0 aromatic heterocycles. The fraction of sp³-hybridized carbons (Fsp3) is 0.333. The number of aryl methyl sites for hydroxylation is 1. The Morgan fingerprint density at radius 1 is 1.45 bits per heavy atom. The van der Waals surface area contributed by atoms with E-state index in [9.17, 15) is 0 Å². The van der Waals surface area contributed by atoms with Crippen molar-refractivity contribution in [1.29, 1.82) is 0 Å². The highest BCUT2D eigenvalue weighted by Gasteiger charge is 1.93. The molecule has 0 aliphatic rings. The van der Waals surface area contributed by atoms with Gasteiger partial charge in [-0.05, 0) is 24.1 Å². The molecule has 0 heterocycles. The Balaban J connectivity index is 2.74. The van der Waals surface area contributed by atoms with Crippen LogP contribution in [0.15, 0.2) is 29.2 Å². The van der Waals surface area contributed by atoms with Crippen LogP contribution in [0.3, 0.4) is 0 Å². The first-order chi connectivity index (χ1) is 5.36. The van der Waals surface area contributed by atoms with Crippen LogP contribution in [-0.2, 0) is 10.6 Å². The standard InChI is InChI=1S/C9H12OS/c1-3-8-5-4-6-9(7-8)11-10-2/h4-7H,3H2,1-2H3. The van der Waals surface area contributed by atoms with E-state index in [2.05, 4.69) is 25.1 Å². The largest absolute Gasteiger partial charge is 0.314 e. The highest BCUT2D eigenvalue weighted by Crippen LogP contribution is 2.18. The third kappa shape index (κ3) is 2.56. The zero-order valence-corrected chi connectivity index (χ0v) is 7.65. The van der Waals surface area contributed by atoms with Crippen molar-refractivity contribution in [2.24, 2.45) is 0 Å². The third-order valence-electron chi connectivity index (χ3n) is 1.49. The molecule has 1 aromatic rings. The van der Waals surface area contributed by atoms with Gasteiger partial charge in [-0.2, -0.15) is 0 Å². The fourth-order valence-corrected chi connectivity index (χ4v) is 1.44. The molecule has 0 fully saturated rings. The molecule has 0 saturated heterocycles. The number of benzene rings is 1. The molecule has 0 N–H and O–H groups in total. The van der Waals surface area contributed by atoms with Crippen LogP contribution in [0.4, 0.5) is 0 Å². The maximum atomic E-state index is 4.94. The average Bonchev–Trinajstić information content (AvgIpc) is 2.06. The lowest BCUT2D eigenvalue weighted by atomic mass is 10.2. The minimum Gasteiger partial charge on any atom is -0.314 e. The molecule has 0 aliphatic heterocycles. The predicted molar refractivity (Wildman–Crippen MR) is 48.7 cm³/mol. The fourth-order valence-electron chi connectivity index (χ4n) is 0.913. The maximum absolute atomic E-state index is 4.94. The van der Waals surface area contributed by atoms with E-state index >= 15 is 0 Å². The van der Waals surface area contributed by atoms with Crippen molar-refractivity contribution in [3.05, 3.63) is 29.8 Å². The van der Waals surface area contributed by atoms with Gasteiger partial charge in [0, 0.05) is 16.9 Å². The van der Waals surface area contributed by atoms with Crippen LogP contribution >= 0.6 is 12.0 Å². The second kappa shape index (κ2) is 4.42. The molecular weight excluding hydrogens is 156 g/mol. The molecule has 0 bridgehead atoms. The predicted octanol–water partition coefficient (Wildman–Crippen LogP) is 2.90. The Labute approximate surface area is 72.0 Å². The SMILES string of the molecule is CCc1cccc(SOC)c1. The molecular formula is C9H12OS. The first kappa shape index (κ1) is 8.62. The molecule has 0 atom stereocenters. The quantitative estimate of drug-likeness (QED) is 0.642. The molecule has 0 spiro atoms. The van der Waals surface area contributed by atoms with E-state index in [1.807, 2.05) is 6.07 Å². The van der Waals surface area contributed by atoms with Gasteiger partial charge in [0.1, 0.15) is 0 Å². The zero-order valence-electron chi connectivity index (χ0n) is 6.83. The van der Waals surface area contributed by atoms with Crippen molar-refractivity contribution in [1.82, 2.24) is 0 Å². The maximum Gasteiger partial charge on any atom is 0.0508 e. The van der Waals surface area contributed by atoms with E-state index in [1.54, 1.807) is 7.11 Å². The van der Waals surface area contributed by atoms with Crippen molar-refractivity contribution in [2.75, 3.05) is 7.11 Å². The van der Waals surface area contributed by atoms with Crippen molar-refractivity contribution >= 4 is 12.0 Å². The topological polar surface area (TPSA) is 9.23 Å². The number of hydrogen-bond donors (Lipinski definition) is 0. The summed E-state index contributed by atoms with van der Waals surface area (Å²) in [6.45, 7) is 2.15. The summed E-state index contributed by atoms with van der Waals surface area (Å²) in [5, 5.41) is 0. The van der Waals surface area contributed by atoms with Crippen molar-refractivity contribution in [2.45, 2.75) is 18.2 Å². The van der Waals surface area contributed by atoms with Crippen molar-refractivity contribution in [3.8, 4) is 0 Å². The van der Waals surface area contributed by atoms with Crippen LogP contribution in [0.2, 0.25) is 0 Å². The lowest BCUT2D eigenvalue weighted by Crippen LogP contribution is -1.79. The first-order valence-corrected chi connectivity index (χ1v) is 4.40. The third-order valence-corrected chi connectivity index (χ3v) is 2.10. The summed E-state index contributed by atoms with van der Waals surface area (Å²) in [6, 6.07) is 8.38. The summed E-state index contributed by atoms with van der Waals surface area (Å²) in [7, 11) is 1.68. The average molecular weight is 168 g/mol. The lowest BCUT2D eigenvalue weighted by Gasteiger charge is -1.99. The molecule has 0 saturated carbocycles. The second-order valence-electron chi connectivity index (χ2n) is 2.25. The van der Waals surface area contributed by atoms with Gasteiger partial charge < -0.3 is 4.18 Å². The normalized spacial score (nSPS) is 10.0. The number of hydrogen-bond acceptors (Lipinski definition) is 2. The van der Waals surface area contributed by atoms with E-state index in [4.69, 9.17) is 4.18 Å². The van der Waals surface area contributed by atoms with Crippen LogP contribution in [-0.4, -0.2) is 7.11 Å². The van der Waals surface area contributed by atoms with Gasteiger partial charge in [0.15, 0.2) is 0 Å². The summed E-state index contributed by atoms with van der Waals surface area (Å²) in [5.74, 6) is 0. The van der Waals surface area contributed by atoms with Crippen LogP contribution in [0, 0.1) is 0 Å². The van der Waals surface area contributed by atoms with Crippen LogP contribution in [0.5, 0.6) is 0 Å². The van der Waals surface area contributed by atoms with Crippen molar-refractivity contribution in [3.63, 3.8) is 0 Å². The van der Waals surface area contributed by atoms with Gasteiger partial charge in [0.2, 0.25) is 0 Å². The molecule has 0 amide bonds. The smallest absolute Gasteiger partial charge is 0.0508 e. The van der Waals surface area contributed by atoms with E-state index in [1.165, 1.54) is 22.5 Å². The Bertz CT molecular complexity index is 223. The highest BCUT2D eigenvalue weighted by atomic mass is 32.2. The van der Waals surface area contributed by atoms with Gasteiger partial charge in [0.05, 0.1) is 7.11 Å². The molecule has 11 heavy (non-hydrogen) atoms. The monoisotopic (exact) mass is 168 g/mol. The van der Waals surface area contributed by atoms with E-state index < -0.39 is 0 Å². The van der Waals surface area contributed by atoms with Gasteiger partial charge in [-0.25, -0.2) is 0 Å². The summed E-state index contributed by atoms with van der Waals surface area (Å²) in [6.07, 6.45) is 1.08. The summed E-state index contributed by atoms with van der Waals surface area (Å²) in [5.41, 5.74) is 1.35. The Morgan fingerprint density at radius 2 is 2.27 bits per heavy atom. The second-order valence-corrected chi connectivity index (χ2v) is 3.22. The summed E-state index contributed by atoms with van der Waals surface area (Å²) >= 11 is 1.40. The van der Waals surface area contributed by atoms with E-state index in [0.717, 1.165) is 6.42 Å². The van der Waals surface area contributed by atoms with Crippen LogP contribution in [0.25, 0.3) is 0 Å².